The maximum atomic E-state index is 13.8. The summed E-state index contributed by atoms with van der Waals surface area (Å²) in [6.07, 6.45) is 0.00969. The molecule has 22 heavy (non-hydrogen) atoms. The largest absolute Gasteiger partial charge is 0.353 e. The molecule has 0 radical (unpaired) electrons. The van der Waals surface area contributed by atoms with E-state index in [1.807, 2.05) is 0 Å². The normalized spacial score (nSPS) is 18.9. The fourth-order valence-corrected chi connectivity index (χ4v) is 2.41. The van der Waals surface area contributed by atoms with E-state index in [0.717, 1.165) is 6.07 Å². The smallest absolute Gasteiger partial charge is 0.237 e. The first-order valence-corrected chi connectivity index (χ1v) is 7.05. The van der Waals surface area contributed by atoms with Crippen molar-refractivity contribution in [3.05, 3.63) is 35.4 Å². The van der Waals surface area contributed by atoms with Crippen molar-refractivity contribution in [3.63, 3.8) is 0 Å². The molecule has 1 aromatic carbocycles. The molecule has 0 aromatic heterocycles. The zero-order valence-corrected chi connectivity index (χ0v) is 12.6. The van der Waals surface area contributed by atoms with Crippen LogP contribution in [0.5, 0.6) is 0 Å². The third-order valence-electron chi connectivity index (χ3n) is 3.71. The van der Waals surface area contributed by atoms with Gasteiger partial charge in [0.1, 0.15) is 0 Å². The minimum Gasteiger partial charge on any atom is -0.353 e. The number of nitrogens with one attached hydrogen (secondary N) is 1. The molecule has 0 saturated carbocycles. The van der Waals surface area contributed by atoms with E-state index in [0.29, 0.717) is 13.1 Å². The first-order chi connectivity index (χ1) is 10.4. The molecule has 5 nitrogen and oxygen atoms in total. The number of hydrogen-bond acceptors (Lipinski definition) is 3. The second-order valence-electron chi connectivity index (χ2n) is 5.48. The van der Waals surface area contributed by atoms with E-state index in [-0.39, 0.29) is 30.3 Å². The van der Waals surface area contributed by atoms with E-state index in [1.165, 1.54) is 17.0 Å². The Morgan fingerprint density at radius 1 is 1.41 bits per heavy atom. The Morgan fingerprint density at radius 3 is 2.82 bits per heavy atom. The Morgan fingerprint density at radius 2 is 2.14 bits per heavy atom. The van der Waals surface area contributed by atoms with Crippen LogP contribution in [-0.4, -0.2) is 54.8 Å². The molecule has 1 N–H and O–H groups in total. The third kappa shape index (κ3) is 3.59. The summed E-state index contributed by atoms with van der Waals surface area (Å²) in [5, 5.41) is 2.70. The summed E-state index contributed by atoms with van der Waals surface area (Å²) in [6, 6.07) is 3.29. The van der Waals surface area contributed by atoms with Gasteiger partial charge in [0.15, 0.2) is 11.6 Å². The summed E-state index contributed by atoms with van der Waals surface area (Å²) in [5.74, 6) is -2.28. The SMILES string of the molecule is CN(C)C(=O)CC1C(=O)NCCN1Cc1cccc(F)c1F. The summed E-state index contributed by atoms with van der Waals surface area (Å²) >= 11 is 0. The van der Waals surface area contributed by atoms with Crippen LogP contribution in [0.2, 0.25) is 0 Å². The second kappa shape index (κ2) is 6.83. The fraction of sp³-hybridized carbons (Fsp3) is 0.467. The van der Waals surface area contributed by atoms with Crippen molar-refractivity contribution in [3.8, 4) is 0 Å². The first kappa shape index (κ1) is 16.4. The van der Waals surface area contributed by atoms with Gasteiger partial charge in [-0.15, -0.1) is 0 Å². The summed E-state index contributed by atoms with van der Waals surface area (Å²) in [5.41, 5.74) is 0.178. The van der Waals surface area contributed by atoms with E-state index >= 15 is 0 Å². The number of hydrogen-bond donors (Lipinski definition) is 1. The molecule has 1 unspecified atom stereocenters. The van der Waals surface area contributed by atoms with Gasteiger partial charge in [-0.1, -0.05) is 12.1 Å². The average molecular weight is 311 g/mol. The predicted molar refractivity (Wildman–Crippen MR) is 76.9 cm³/mol. The molecule has 1 aliphatic rings. The van der Waals surface area contributed by atoms with Gasteiger partial charge >= 0.3 is 0 Å². The first-order valence-electron chi connectivity index (χ1n) is 7.05. The standard InChI is InChI=1S/C15H19F2N3O2/c1-19(2)13(21)8-12-15(22)18-6-7-20(12)9-10-4-3-5-11(16)14(10)17/h3-5,12H,6-9H2,1-2H3,(H,18,22). The monoisotopic (exact) mass is 311 g/mol. The predicted octanol–water partition coefficient (Wildman–Crippen LogP) is 0.744. The third-order valence-corrected chi connectivity index (χ3v) is 3.71. The maximum Gasteiger partial charge on any atom is 0.237 e. The Kier molecular flexibility index (Phi) is 5.07. The van der Waals surface area contributed by atoms with Crippen molar-refractivity contribution in [2.45, 2.75) is 19.0 Å². The van der Waals surface area contributed by atoms with Crippen LogP contribution in [0.4, 0.5) is 8.78 Å². The minimum absolute atomic E-state index is 0.00969. The number of benzene rings is 1. The number of nitrogens with zero attached hydrogens (tertiary/aromatic N) is 2. The van der Waals surface area contributed by atoms with Gasteiger partial charge in [-0.2, -0.15) is 0 Å². The quantitative estimate of drug-likeness (QED) is 0.892. The molecule has 1 fully saturated rings. The Labute approximate surface area is 127 Å². The molecule has 7 heteroatoms. The maximum absolute atomic E-state index is 13.8. The van der Waals surface area contributed by atoms with Gasteiger partial charge < -0.3 is 10.2 Å². The van der Waals surface area contributed by atoms with E-state index in [2.05, 4.69) is 5.32 Å². The van der Waals surface area contributed by atoms with Gasteiger partial charge in [0.2, 0.25) is 11.8 Å². The highest BCUT2D eigenvalue weighted by molar-refractivity contribution is 5.88. The van der Waals surface area contributed by atoms with Crippen molar-refractivity contribution in [1.29, 1.82) is 0 Å². The van der Waals surface area contributed by atoms with Crippen LogP contribution in [-0.2, 0) is 16.1 Å². The van der Waals surface area contributed by atoms with Crippen LogP contribution < -0.4 is 5.32 Å². The molecule has 2 amide bonds. The highest BCUT2D eigenvalue weighted by Crippen LogP contribution is 2.18. The Hall–Kier alpha value is -2.02. The molecule has 1 heterocycles. The Balaban J connectivity index is 2.17. The van der Waals surface area contributed by atoms with Crippen LogP contribution >= 0.6 is 0 Å². The van der Waals surface area contributed by atoms with Gasteiger partial charge in [0, 0.05) is 39.3 Å². The lowest BCUT2D eigenvalue weighted by atomic mass is 10.1. The molecular weight excluding hydrogens is 292 g/mol. The lowest BCUT2D eigenvalue weighted by molar-refractivity contribution is -0.137. The molecular formula is C15H19F2N3O2. The molecule has 0 bridgehead atoms. The van der Waals surface area contributed by atoms with Gasteiger partial charge in [-0.05, 0) is 6.07 Å². The van der Waals surface area contributed by atoms with E-state index in [4.69, 9.17) is 0 Å². The number of carbonyl (C=O) groups excluding carboxylic acids is 2. The van der Waals surface area contributed by atoms with Crippen LogP contribution in [0.3, 0.4) is 0 Å². The highest BCUT2D eigenvalue weighted by Gasteiger charge is 2.32. The average Bonchev–Trinajstić information content (AvgIpc) is 2.47. The second-order valence-corrected chi connectivity index (χ2v) is 5.48. The van der Waals surface area contributed by atoms with E-state index in [1.54, 1.807) is 19.0 Å². The van der Waals surface area contributed by atoms with Gasteiger partial charge in [-0.3, -0.25) is 14.5 Å². The van der Waals surface area contributed by atoms with Crippen molar-refractivity contribution >= 4 is 11.8 Å². The van der Waals surface area contributed by atoms with Gasteiger partial charge in [-0.25, -0.2) is 8.78 Å². The molecule has 0 spiro atoms. The molecule has 1 atom stereocenters. The molecule has 1 saturated heterocycles. The van der Waals surface area contributed by atoms with Crippen molar-refractivity contribution < 1.29 is 18.4 Å². The fourth-order valence-electron chi connectivity index (χ4n) is 2.41. The number of halogens is 2. The zero-order chi connectivity index (χ0) is 16.3. The molecule has 1 aromatic rings. The van der Waals surface area contributed by atoms with Gasteiger partial charge in [0.25, 0.3) is 0 Å². The summed E-state index contributed by atoms with van der Waals surface area (Å²) in [7, 11) is 3.22. The Bertz CT molecular complexity index is 578. The topological polar surface area (TPSA) is 52.7 Å². The number of carbonyl (C=O) groups is 2. The minimum atomic E-state index is -0.917. The highest BCUT2D eigenvalue weighted by atomic mass is 19.2. The lowest BCUT2D eigenvalue weighted by Crippen LogP contribution is -2.56. The van der Waals surface area contributed by atoms with Gasteiger partial charge in [0.05, 0.1) is 12.5 Å². The molecule has 0 aliphatic carbocycles. The van der Waals surface area contributed by atoms with Crippen LogP contribution in [0.1, 0.15) is 12.0 Å². The van der Waals surface area contributed by atoms with E-state index < -0.39 is 17.7 Å². The van der Waals surface area contributed by atoms with Crippen molar-refractivity contribution in [1.82, 2.24) is 15.1 Å². The summed E-state index contributed by atoms with van der Waals surface area (Å²) in [4.78, 5) is 27.0. The van der Waals surface area contributed by atoms with Crippen molar-refractivity contribution in [2.75, 3.05) is 27.2 Å². The number of amides is 2. The zero-order valence-electron chi connectivity index (χ0n) is 12.6. The summed E-state index contributed by atoms with van der Waals surface area (Å²) in [6.45, 7) is 0.984. The number of piperazine rings is 1. The van der Waals surface area contributed by atoms with Crippen LogP contribution in [0.15, 0.2) is 18.2 Å². The van der Waals surface area contributed by atoms with Crippen LogP contribution in [0.25, 0.3) is 0 Å². The van der Waals surface area contributed by atoms with Crippen LogP contribution in [0, 0.1) is 11.6 Å². The van der Waals surface area contributed by atoms with E-state index in [9.17, 15) is 18.4 Å². The lowest BCUT2D eigenvalue weighted by Gasteiger charge is -2.35. The molecule has 120 valence electrons. The summed E-state index contributed by atoms with van der Waals surface area (Å²) < 4.78 is 27.1. The van der Waals surface area contributed by atoms with Crippen molar-refractivity contribution in [2.24, 2.45) is 0 Å². The number of rotatable bonds is 4. The molecule has 2 rings (SSSR count). The molecule has 1 aliphatic heterocycles.